The lowest BCUT2D eigenvalue weighted by atomic mass is 10.3. The SMILES string of the molecule is C/C=C/CCNc1ccc(S(=O)(=O)CCC)cc1. The Bertz CT molecular complexity index is 475. The average molecular weight is 267 g/mol. The van der Waals surface area contributed by atoms with Gasteiger partial charge in [0.25, 0.3) is 0 Å². The first-order valence-corrected chi connectivity index (χ1v) is 7.93. The molecular weight excluding hydrogens is 246 g/mol. The smallest absolute Gasteiger partial charge is 0.178 e. The van der Waals surface area contributed by atoms with Crippen LogP contribution in [0, 0.1) is 0 Å². The van der Waals surface area contributed by atoms with E-state index in [1.165, 1.54) is 0 Å². The third-order valence-corrected chi connectivity index (χ3v) is 4.50. The zero-order valence-corrected chi connectivity index (χ0v) is 11.8. The largest absolute Gasteiger partial charge is 0.385 e. The summed E-state index contributed by atoms with van der Waals surface area (Å²) in [5.41, 5.74) is 0.954. The molecule has 0 fully saturated rings. The van der Waals surface area contributed by atoms with Gasteiger partial charge in [0.1, 0.15) is 0 Å². The normalized spacial score (nSPS) is 11.9. The van der Waals surface area contributed by atoms with Gasteiger partial charge in [0.15, 0.2) is 9.84 Å². The fourth-order valence-corrected chi connectivity index (χ4v) is 2.96. The van der Waals surface area contributed by atoms with Crippen LogP contribution in [-0.4, -0.2) is 20.7 Å². The molecule has 0 aromatic heterocycles. The van der Waals surface area contributed by atoms with Crippen molar-refractivity contribution >= 4 is 15.5 Å². The van der Waals surface area contributed by atoms with E-state index < -0.39 is 9.84 Å². The van der Waals surface area contributed by atoms with Gasteiger partial charge in [-0.25, -0.2) is 8.42 Å². The van der Waals surface area contributed by atoms with Crippen LogP contribution in [0.25, 0.3) is 0 Å². The van der Waals surface area contributed by atoms with Crippen molar-refractivity contribution in [2.75, 3.05) is 17.6 Å². The summed E-state index contributed by atoms with van der Waals surface area (Å²) in [7, 11) is -3.10. The highest BCUT2D eigenvalue weighted by Gasteiger charge is 2.12. The predicted octanol–water partition coefficient (Wildman–Crippen LogP) is 3.25. The van der Waals surface area contributed by atoms with E-state index in [9.17, 15) is 8.42 Å². The Kier molecular flexibility index (Phi) is 5.92. The number of anilines is 1. The fraction of sp³-hybridized carbons (Fsp3) is 0.429. The van der Waals surface area contributed by atoms with Gasteiger partial charge in [0.05, 0.1) is 10.6 Å². The summed E-state index contributed by atoms with van der Waals surface area (Å²) >= 11 is 0. The topological polar surface area (TPSA) is 46.2 Å². The molecule has 1 N–H and O–H groups in total. The van der Waals surface area contributed by atoms with Crippen molar-refractivity contribution in [1.29, 1.82) is 0 Å². The molecule has 0 spiro atoms. The van der Waals surface area contributed by atoms with Crippen molar-refractivity contribution in [3.63, 3.8) is 0 Å². The molecule has 4 heteroatoms. The molecule has 0 aliphatic rings. The van der Waals surface area contributed by atoms with Crippen LogP contribution < -0.4 is 5.32 Å². The fourth-order valence-electron chi connectivity index (χ4n) is 1.63. The van der Waals surface area contributed by atoms with Crippen LogP contribution in [0.3, 0.4) is 0 Å². The Morgan fingerprint density at radius 2 is 1.89 bits per heavy atom. The summed E-state index contributed by atoms with van der Waals surface area (Å²) in [4.78, 5) is 0.406. The number of rotatable bonds is 7. The molecule has 0 amide bonds. The van der Waals surface area contributed by atoms with Gasteiger partial charge in [0.2, 0.25) is 0 Å². The standard InChI is InChI=1S/C14H21NO2S/c1-3-5-6-11-15-13-7-9-14(10-8-13)18(16,17)12-4-2/h3,5,7-10,15H,4,6,11-12H2,1-2H3/b5-3+. The van der Waals surface area contributed by atoms with Crippen molar-refractivity contribution in [3.05, 3.63) is 36.4 Å². The number of hydrogen-bond donors (Lipinski definition) is 1. The van der Waals surface area contributed by atoms with Crippen molar-refractivity contribution in [1.82, 2.24) is 0 Å². The molecule has 1 rings (SSSR count). The van der Waals surface area contributed by atoms with Crippen molar-refractivity contribution in [2.45, 2.75) is 31.6 Å². The maximum Gasteiger partial charge on any atom is 0.178 e. The first-order chi connectivity index (χ1) is 8.60. The van der Waals surface area contributed by atoms with E-state index >= 15 is 0 Å². The second-order valence-electron chi connectivity index (χ2n) is 4.13. The minimum Gasteiger partial charge on any atom is -0.385 e. The van der Waals surface area contributed by atoms with E-state index in [0.717, 1.165) is 18.7 Å². The summed E-state index contributed by atoms with van der Waals surface area (Å²) in [6.45, 7) is 4.72. The maximum absolute atomic E-state index is 11.8. The van der Waals surface area contributed by atoms with E-state index in [0.29, 0.717) is 11.3 Å². The first kappa shape index (κ1) is 14.8. The zero-order valence-electron chi connectivity index (χ0n) is 11.0. The average Bonchev–Trinajstić information content (AvgIpc) is 2.35. The van der Waals surface area contributed by atoms with Gasteiger partial charge < -0.3 is 5.32 Å². The molecule has 0 saturated heterocycles. The minimum atomic E-state index is -3.10. The lowest BCUT2D eigenvalue weighted by molar-refractivity contribution is 0.595. The predicted molar refractivity (Wildman–Crippen MR) is 76.7 cm³/mol. The Labute approximate surface area is 110 Å². The molecule has 1 aromatic rings. The third-order valence-electron chi connectivity index (χ3n) is 2.56. The molecule has 18 heavy (non-hydrogen) atoms. The summed E-state index contributed by atoms with van der Waals surface area (Å²) in [5, 5.41) is 3.24. The monoisotopic (exact) mass is 267 g/mol. The van der Waals surface area contributed by atoms with E-state index in [2.05, 4.69) is 11.4 Å². The number of hydrogen-bond acceptors (Lipinski definition) is 3. The Morgan fingerprint density at radius 1 is 1.22 bits per heavy atom. The molecule has 100 valence electrons. The summed E-state index contributed by atoms with van der Waals surface area (Å²) in [6, 6.07) is 6.97. The highest BCUT2D eigenvalue weighted by molar-refractivity contribution is 7.91. The molecule has 1 aromatic carbocycles. The number of nitrogens with one attached hydrogen (secondary N) is 1. The second-order valence-corrected chi connectivity index (χ2v) is 6.24. The van der Waals surface area contributed by atoms with Crippen molar-refractivity contribution < 1.29 is 8.42 Å². The Morgan fingerprint density at radius 3 is 2.44 bits per heavy atom. The van der Waals surface area contributed by atoms with Crippen LogP contribution in [-0.2, 0) is 9.84 Å². The molecule has 0 aliphatic carbocycles. The molecular formula is C14H21NO2S. The summed E-state index contributed by atoms with van der Waals surface area (Å²) in [6.07, 6.45) is 5.72. The van der Waals surface area contributed by atoms with Gasteiger partial charge in [-0.05, 0) is 44.0 Å². The minimum absolute atomic E-state index is 0.209. The van der Waals surface area contributed by atoms with Gasteiger partial charge in [-0.1, -0.05) is 19.1 Å². The van der Waals surface area contributed by atoms with Crippen LogP contribution in [0.15, 0.2) is 41.3 Å². The van der Waals surface area contributed by atoms with Gasteiger partial charge in [-0.15, -0.1) is 0 Å². The number of benzene rings is 1. The van der Waals surface area contributed by atoms with Crippen LogP contribution >= 0.6 is 0 Å². The molecule has 0 atom stereocenters. The van der Waals surface area contributed by atoms with E-state index in [1.807, 2.05) is 32.1 Å². The highest BCUT2D eigenvalue weighted by Crippen LogP contribution is 2.16. The van der Waals surface area contributed by atoms with Gasteiger partial charge in [-0.3, -0.25) is 0 Å². The van der Waals surface area contributed by atoms with Crippen LogP contribution in [0.2, 0.25) is 0 Å². The quantitative estimate of drug-likeness (QED) is 0.609. The van der Waals surface area contributed by atoms with E-state index in [4.69, 9.17) is 0 Å². The maximum atomic E-state index is 11.8. The van der Waals surface area contributed by atoms with E-state index in [-0.39, 0.29) is 5.75 Å². The van der Waals surface area contributed by atoms with Crippen LogP contribution in [0.5, 0.6) is 0 Å². The molecule has 0 heterocycles. The lowest BCUT2D eigenvalue weighted by Crippen LogP contribution is -2.06. The van der Waals surface area contributed by atoms with Gasteiger partial charge in [0, 0.05) is 12.2 Å². The molecule has 0 bridgehead atoms. The van der Waals surface area contributed by atoms with Crippen molar-refractivity contribution in [3.8, 4) is 0 Å². The van der Waals surface area contributed by atoms with Gasteiger partial charge in [-0.2, -0.15) is 0 Å². The molecule has 0 saturated carbocycles. The first-order valence-electron chi connectivity index (χ1n) is 6.28. The van der Waals surface area contributed by atoms with Crippen LogP contribution in [0.4, 0.5) is 5.69 Å². The highest BCUT2D eigenvalue weighted by atomic mass is 32.2. The van der Waals surface area contributed by atoms with E-state index in [1.54, 1.807) is 12.1 Å². The molecule has 3 nitrogen and oxygen atoms in total. The van der Waals surface area contributed by atoms with Crippen LogP contribution in [0.1, 0.15) is 26.7 Å². The second kappa shape index (κ2) is 7.21. The lowest BCUT2D eigenvalue weighted by Gasteiger charge is -2.06. The summed E-state index contributed by atoms with van der Waals surface area (Å²) in [5.74, 6) is 0.209. The third kappa shape index (κ3) is 4.53. The number of sulfone groups is 1. The Hall–Kier alpha value is -1.29. The number of allylic oxidation sites excluding steroid dienone is 1. The van der Waals surface area contributed by atoms with Crippen molar-refractivity contribution in [2.24, 2.45) is 0 Å². The zero-order chi connectivity index (χ0) is 13.4. The molecule has 0 aliphatic heterocycles. The van der Waals surface area contributed by atoms with Gasteiger partial charge >= 0.3 is 0 Å². The molecule has 0 radical (unpaired) electrons. The molecule has 0 unspecified atom stereocenters. The Balaban J connectivity index is 2.63. The summed E-state index contributed by atoms with van der Waals surface area (Å²) < 4.78 is 23.6.